The van der Waals surface area contributed by atoms with E-state index in [2.05, 4.69) is 25.9 Å². The van der Waals surface area contributed by atoms with Gasteiger partial charge in [0.25, 0.3) is 0 Å². The Labute approximate surface area is 124 Å². The standard InChI is InChI=1S/C13H12BrN3O3/c1-17(10-5-8(14)3-4-11(10)20-2)12-9(13(18)19)6-15-7-16-12/h3-7H,1-2H3,(H,18,19). The highest BCUT2D eigenvalue weighted by molar-refractivity contribution is 9.10. The zero-order valence-electron chi connectivity index (χ0n) is 10.9. The van der Waals surface area contributed by atoms with Crippen LogP contribution in [-0.2, 0) is 0 Å². The highest BCUT2D eigenvalue weighted by Gasteiger charge is 2.19. The smallest absolute Gasteiger partial charge is 0.341 e. The van der Waals surface area contributed by atoms with Crippen LogP contribution in [0.5, 0.6) is 5.75 Å². The molecule has 0 unspecified atom stereocenters. The molecule has 0 bridgehead atoms. The van der Waals surface area contributed by atoms with Crippen molar-refractivity contribution in [1.29, 1.82) is 0 Å². The summed E-state index contributed by atoms with van der Waals surface area (Å²) in [5.41, 5.74) is 0.722. The zero-order valence-corrected chi connectivity index (χ0v) is 12.5. The van der Waals surface area contributed by atoms with E-state index in [1.165, 1.54) is 12.5 Å². The van der Waals surface area contributed by atoms with Crippen molar-refractivity contribution in [2.45, 2.75) is 0 Å². The van der Waals surface area contributed by atoms with Gasteiger partial charge in [-0.3, -0.25) is 0 Å². The summed E-state index contributed by atoms with van der Waals surface area (Å²) in [5, 5.41) is 9.20. The van der Waals surface area contributed by atoms with Crippen molar-refractivity contribution in [3.05, 3.63) is 40.8 Å². The van der Waals surface area contributed by atoms with E-state index < -0.39 is 5.97 Å². The van der Waals surface area contributed by atoms with Gasteiger partial charge in [0.05, 0.1) is 12.8 Å². The molecule has 6 nitrogen and oxygen atoms in total. The number of hydrogen-bond acceptors (Lipinski definition) is 5. The summed E-state index contributed by atoms with van der Waals surface area (Å²) < 4.78 is 6.14. The number of aromatic carboxylic acids is 1. The van der Waals surface area contributed by atoms with Crippen molar-refractivity contribution in [3.63, 3.8) is 0 Å². The molecule has 0 saturated carbocycles. The van der Waals surface area contributed by atoms with E-state index in [9.17, 15) is 9.90 Å². The first kappa shape index (κ1) is 14.3. The van der Waals surface area contributed by atoms with E-state index in [4.69, 9.17) is 4.74 Å². The minimum absolute atomic E-state index is 0.0250. The minimum Gasteiger partial charge on any atom is -0.495 e. The summed E-state index contributed by atoms with van der Waals surface area (Å²) in [6, 6.07) is 5.46. The maximum atomic E-state index is 11.2. The Morgan fingerprint density at radius 2 is 2.20 bits per heavy atom. The second-order valence-corrected chi connectivity index (χ2v) is 4.86. The fraction of sp³-hybridized carbons (Fsp3) is 0.154. The highest BCUT2D eigenvalue weighted by Crippen LogP contribution is 2.35. The first-order chi connectivity index (χ1) is 9.54. The van der Waals surface area contributed by atoms with Crippen molar-refractivity contribution < 1.29 is 14.6 Å². The average Bonchev–Trinajstić information content (AvgIpc) is 2.46. The molecular weight excluding hydrogens is 326 g/mol. The first-order valence-corrected chi connectivity index (χ1v) is 6.44. The van der Waals surface area contributed by atoms with Crippen LogP contribution in [0.25, 0.3) is 0 Å². The summed E-state index contributed by atoms with van der Waals surface area (Å²) in [4.78, 5) is 20.7. The number of benzene rings is 1. The lowest BCUT2D eigenvalue weighted by atomic mass is 10.2. The number of halogens is 1. The van der Waals surface area contributed by atoms with Gasteiger partial charge in [-0.2, -0.15) is 0 Å². The summed E-state index contributed by atoms with van der Waals surface area (Å²) in [5.74, 6) is -0.170. The van der Waals surface area contributed by atoms with Gasteiger partial charge in [-0.05, 0) is 18.2 Å². The van der Waals surface area contributed by atoms with Crippen molar-refractivity contribution in [2.75, 3.05) is 19.1 Å². The van der Waals surface area contributed by atoms with Crippen LogP contribution >= 0.6 is 15.9 Å². The molecule has 1 aromatic heterocycles. The molecule has 1 N–H and O–H groups in total. The summed E-state index contributed by atoms with van der Waals surface area (Å²) in [7, 11) is 3.28. The third-order valence-corrected chi connectivity index (χ3v) is 3.23. The van der Waals surface area contributed by atoms with Crippen LogP contribution in [-0.4, -0.2) is 35.2 Å². The van der Waals surface area contributed by atoms with Crippen molar-refractivity contribution in [2.24, 2.45) is 0 Å². The predicted octanol–water partition coefficient (Wildman–Crippen LogP) is 2.71. The van der Waals surface area contributed by atoms with E-state index in [0.29, 0.717) is 17.3 Å². The SMILES string of the molecule is COc1ccc(Br)cc1N(C)c1ncncc1C(=O)O. The predicted molar refractivity (Wildman–Crippen MR) is 77.7 cm³/mol. The lowest BCUT2D eigenvalue weighted by Gasteiger charge is -2.22. The molecule has 0 fully saturated rings. The third kappa shape index (κ3) is 2.72. The lowest BCUT2D eigenvalue weighted by Crippen LogP contribution is -2.17. The Bertz CT molecular complexity index is 649. The molecule has 0 aliphatic heterocycles. The summed E-state index contributed by atoms with van der Waals surface area (Å²) >= 11 is 3.38. The fourth-order valence-electron chi connectivity index (χ4n) is 1.78. The lowest BCUT2D eigenvalue weighted by molar-refractivity contribution is 0.0697. The van der Waals surface area contributed by atoms with Gasteiger partial charge in [0.15, 0.2) is 5.82 Å². The molecule has 0 aliphatic carbocycles. The van der Waals surface area contributed by atoms with Gasteiger partial charge in [-0.25, -0.2) is 14.8 Å². The zero-order chi connectivity index (χ0) is 14.7. The Balaban J connectivity index is 2.54. The largest absolute Gasteiger partial charge is 0.495 e. The average molecular weight is 338 g/mol. The second kappa shape index (κ2) is 5.87. The summed E-state index contributed by atoms with van der Waals surface area (Å²) in [6.07, 6.45) is 2.58. The van der Waals surface area contributed by atoms with Gasteiger partial charge in [-0.1, -0.05) is 15.9 Å². The monoisotopic (exact) mass is 337 g/mol. The highest BCUT2D eigenvalue weighted by atomic mass is 79.9. The number of anilines is 2. The van der Waals surface area contributed by atoms with Gasteiger partial charge in [0.2, 0.25) is 0 Å². The van der Waals surface area contributed by atoms with E-state index in [0.717, 1.165) is 4.47 Å². The van der Waals surface area contributed by atoms with Gasteiger partial charge < -0.3 is 14.7 Å². The Morgan fingerprint density at radius 1 is 1.45 bits per heavy atom. The van der Waals surface area contributed by atoms with Crippen LogP contribution in [0.15, 0.2) is 35.2 Å². The number of hydrogen-bond donors (Lipinski definition) is 1. The Morgan fingerprint density at radius 3 is 2.85 bits per heavy atom. The van der Waals surface area contributed by atoms with Crippen LogP contribution in [0.1, 0.15) is 10.4 Å². The quantitative estimate of drug-likeness (QED) is 0.924. The number of rotatable bonds is 4. The topological polar surface area (TPSA) is 75.5 Å². The second-order valence-electron chi connectivity index (χ2n) is 3.94. The van der Waals surface area contributed by atoms with Crippen LogP contribution in [0.4, 0.5) is 11.5 Å². The van der Waals surface area contributed by atoms with E-state index in [1.807, 2.05) is 12.1 Å². The number of ether oxygens (including phenoxy) is 1. The van der Waals surface area contributed by atoms with Crippen LogP contribution in [0, 0.1) is 0 Å². The number of carbonyl (C=O) groups is 1. The molecule has 0 atom stereocenters. The molecular formula is C13H12BrN3O3. The molecule has 2 rings (SSSR count). The van der Waals surface area contributed by atoms with Crippen LogP contribution in [0.3, 0.4) is 0 Å². The third-order valence-electron chi connectivity index (χ3n) is 2.74. The van der Waals surface area contributed by atoms with Crippen molar-refractivity contribution in [3.8, 4) is 5.75 Å². The van der Waals surface area contributed by atoms with E-state index in [-0.39, 0.29) is 5.56 Å². The molecule has 0 amide bonds. The number of aromatic nitrogens is 2. The maximum Gasteiger partial charge on any atom is 0.341 e. The number of methoxy groups -OCH3 is 1. The van der Waals surface area contributed by atoms with Crippen molar-refractivity contribution >= 4 is 33.4 Å². The molecule has 20 heavy (non-hydrogen) atoms. The summed E-state index contributed by atoms with van der Waals surface area (Å²) in [6.45, 7) is 0. The molecule has 104 valence electrons. The molecule has 0 aliphatic rings. The Kier molecular flexibility index (Phi) is 4.19. The number of nitrogens with zero attached hydrogens (tertiary/aromatic N) is 3. The number of carboxylic acid groups (broad SMARTS) is 1. The van der Waals surface area contributed by atoms with Gasteiger partial charge in [0, 0.05) is 17.7 Å². The van der Waals surface area contributed by atoms with Crippen LogP contribution < -0.4 is 9.64 Å². The molecule has 2 aromatic rings. The Hall–Kier alpha value is -2.15. The minimum atomic E-state index is -1.08. The molecule has 0 radical (unpaired) electrons. The molecule has 0 spiro atoms. The number of carboxylic acids is 1. The molecule has 1 aromatic carbocycles. The normalized spacial score (nSPS) is 10.2. The van der Waals surface area contributed by atoms with Crippen LogP contribution in [0.2, 0.25) is 0 Å². The van der Waals surface area contributed by atoms with E-state index >= 15 is 0 Å². The van der Waals surface area contributed by atoms with Gasteiger partial charge in [-0.15, -0.1) is 0 Å². The molecule has 0 saturated heterocycles. The first-order valence-electron chi connectivity index (χ1n) is 5.65. The molecule has 7 heteroatoms. The van der Waals surface area contributed by atoms with Crippen molar-refractivity contribution in [1.82, 2.24) is 9.97 Å². The van der Waals surface area contributed by atoms with Gasteiger partial charge >= 0.3 is 5.97 Å². The fourth-order valence-corrected chi connectivity index (χ4v) is 2.13. The maximum absolute atomic E-state index is 11.2. The van der Waals surface area contributed by atoms with Gasteiger partial charge in [0.1, 0.15) is 17.6 Å². The van der Waals surface area contributed by atoms with E-state index in [1.54, 1.807) is 25.1 Å². The molecule has 1 heterocycles.